The van der Waals surface area contributed by atoms with Crippen molar-refractivity contribution in [3.05, 3.63) is 59.4 Å². The number of rotatable bonds is 11. The lowest BCUT2D eigenvalue weighted by molar-refractivity contribution is 0.166. The summed E-state index contributed by atoms with van der Waals surface area (Å²) in [7, 11) is 1.76. The van der Waals surface area contributed by atoms with E-state index < -0.39 is 0 Å². The summed E-state index contributed by atoms with van der Waals surface area (Å²) in [5, 5.41) is 6.69. The summed E-state index contributed by atoms with van der Waals surface area (Å²) < 4.78 is 30.1. The summed E-state index contributed by atoms with van der Waals surface area (Å²) >= 11 is 0. The molecule has 0 aromatic heterocycles. The Balaban J connectivity index is 1.36. The third kappa shape index (κ3) is 8.04. The van der Waals surface area contributed by atoms with Gasteiger partial charge in [-0.3, -0.25) is 4.99 Å². The first-order valence-corrected chi connectivity index (χ1v) is 11.3. The van der Waals surface area contributed by atoms with Gasteiger partial charge in [0.1, 0.15) is 17.3 Å². The van der Waals surface area contributed by atoms with Crippen molar-refractivity contribution in [2.45, 2.75) is 32.7 Å². The minimum absolute atomic E-state index is 0.256. The summed E-state index contributed by atoms with van der Waals surface area (Å²) in [6.07, 6.45) is 2.89. The number of nitrogens with zero attached hydrogens (tertiary/aromatic N) is 1. The molecule has 2 N–H and O–H groups in total. The standard InChI is InChI=1S/C25H34FN3O3/c1-19-5-6-21(24(15-19)32-18-20-11-14-30-17-20)16-29-25(27-2)28-12-3-4-13-31-23-9-7-22(26)8-10-23/h5-10,15,20H,3-4,11-14,16-18H2,1-2H3,(H2,27,28,29). The lowest BCUT2D eigenvalue weighted by Crippen LogP contribution is -2.37. The van der Waals surface area contributed by atoms with Gasteiger partial charge in [0.05, 0.1) is 19.8 Å². The van der Waals surface area contributed by atoms with Gasteiger partial charge < -0.3 is 24.8 Å². The van der Waals surface area contributed by atoms with Gasteiger partial charge in [-0.25, -0.2) is 4.39 Å². The van der Waals surface area contributed by atoms with Gasteiger partial charge in [-0.05, 0) is 62.1 Å². The largest absolute Gasteiger partial charge is 0.494 e. The van der Waals surface area contributed by atoms with Gasteiger partial charge >= 0.3 is 0 Å². The predicted molar refractivity (Wildman–Crippen MR) is 125 cm³/mol. The Labute approximate surface area is 190 Å². The minimum atomic E-state index is -0.256. The lowest BCUT2D eigenvalue weighted by Gasteiger charge is -2.17. The number of halogens is 1. The molecule has 0 spiro atoms. The van der Waals surface area contributed by atoms with Crippen LogP contribution in [0, 0.1) is 18.7 Å². The third-order valence-corrected chi connectivity index (χ3v) is 5.34. The van der Waals surface area contributed by atoms with Gasteiger partial charge in [0, 0.05) is 38.2 Å². The van der Waals surface area contributed by atoms with E-state index in [0.29, 0.717) is 31.4 Å². The molecule has 0 bridgehead atoms. The first-order valence-electron chi connectivity index (χ1n) is 11.3. The summed E-state index contributed by atoms with van der Waals surface area (Å²) in [6, 6.07) is 12.4. The van der Waals surface area contributed by atoms with E-state index >= 15 is 0 Å². The molecule has 1 aliphatic heterocycles. The molecule has 0 saturated carbocycles. The molecular formula is C25H34FN3O3. The maximum absolute atomic E-state index is 12.9. The number of aryl methyl sites for hydroxylation is 1. The first kappa shape index (κ1) is 23.9. The Morgan fingerprint density at radius 3 is 2.72 bits per heavy atom. The van der Waals surface area contributed by atoms with E-state index in [9.17, 15) is 4.39 Å². The van der Waals surface area contributed by atoms with Crippen LogP contribution in [0.5, 0.6) is 11.5 Å². The van der Waals surface area contributed by atoms with E-state index in [1.807, 2.05) is 0 Å². The zero-order valence-electron chi connectivity index (χ0n) is 19.0. The number of nitrogens with one attached hydrogen (secondary N) is 2. The highest BCUT2D eigenvalue weighted by molar-refractivity contribution is 5.79. The van der Waals surface area contributed by atoms with E-state index in [4.69, 9.17) is 14.2 Å². The molecule has 2 aromatic rings. The quantitative estimate of drug-likeness (QED) is 0.311. The Morgan fingerprint density at radius 2 is 1.97 bits per heavy atom. The Bertz CT molecular complexity index is 852. The molecule has 1 atom stereocenters. The van der Waals surface area contributed by atoms with Gasteiger partial charge in [0.2, 0.25) is 0 Å². The van der Waals surface area contributed by atoms with E-state index in [2.05, 4.69) is 40.7 Å². The van der Waals surface area contributed by atoms with Crippen molar-refractivity contribution in [1.29, 1.82) is 0 Å². The number of unbranched alkanes of at least 4 members (excludes halogenated alkanes) is 1. The van der Waals surface area contributed by atoms with Crippen LogP contribution in [0.3, 0.4) is 0 Å². The summed E-state index contributed by atoms with van der Waals surface area (Å²) in [6.45, 7) is 6.37. The first-order chi connectivity index (χ1) is 15.6. The molecule has 1 aliphatic rings. The predicted octanol–water partition coefficient (Wildman–Crippen LogP) is 4.07. The fourth-order valence-electron chi connectivity index (χ4n) is 3.42. The number of guanidine groups is 1. The van der Waals surface area contributed by atoms with Crippen LogP contribution in [-0.2, 0) is 11.3 Å². The van der Waals surface area contributed by atoms with E-state index in [1.54, 1.807) is 19.2 Å². The van der Waals surface area contributed by atoms with Crippen LogP contribution < -0.4 is 20.1 Å². The molecule has 6 nitrogen and oxygen atoms in total. The summed E-state index contributed by atoms with van der Waals surface area (Å²) in [4.78, 5) is 4.30. The smallest absolute Gasteiger partial charge is 0.191 e. The van der Waals surface area contributed by atoms with Gasteiger partial charge in [-0.15, -0.1) is 0 Å². The third-order valence-electron chi connectivity index (χ3n) is 5.34. The molecule has 1 fully saturated rings. The van der Waals surface area contributed by atoms with Crippen LogP contribution in [0.15, 0.2) is 47.5 Å². The van der Waals surface area contributed by atoms with E-state index in [0.717, 1.165) is 56.3 Å². The molecule has 174 valence electrons. The van der Waals surface area contributed by atoms with Crippen LogP contribution in [0.1, 0.15) is 30.4 Å². The number of aliphatic imine (C=N–C) groups is 1. The molecule has 1 saturated heterocycles. The highest BCUT2D eigenvalue weighted by Gasteiger charge is 2.17. The monoisotopic (exact) mass is 443 g/mol. The number of hydrogen-bond acceptors (Lipinski definition) is 4. The van der Waals surface area contributed by atoms with Gasteiger partial charge in [0.15, 0.2) is 5.96 Å². The van der Waals surface area contributed by atoms with Crippen LogP contribution in [0.2, 0.25) is 0 Å². The SMILES string of the molecule is CN=C(NCCCCOc1ccc(F)cc1)NCc1ccc(C)cc1OCC1CCOC1. The van der Waals surface area contributed by atoms with Gasteiger partial charge in [-0.2, -0.15) is 0 Å². The number of hydrogen-bond donors (Lipinski definition) is 2. The molecule has 2 aromatic carbocycles. The molecule has 3 rings (SSSR count). The minimum Gasteiger partial charge on any atom is -0.494 e. The van der Waals surface area contributed by atoms with E-state index in [1.165, 1.54) is 17.7 Å². The van der Waals surface area contributed by atoms with Crippen molar-refractivity contribution in [3.8, 4) is 11.5 Å². The highest BCUT2D eigenvalue weighted by Crippen LogP contribution is 2.22. The molecule has 32 heavy (non-hydrogen) atoms. The van der Waals surface area contributed by atoms with Crippen LogP contribution in [-0.4, -0.2) is 46.0 Å². The summed E-state index contributed by atoms with van der Waals surface area (Å²) in [5.41, 5.74) is 2.28. The molecule has 0 amide bonds. The maximum Gasteiger partial charge on any atom is 0.191 e. The normalized spacial score (nSPS) is 16.1. The fourth-order valence-corrected chi connectivity index (χ4v) is 3.42. The molecule has 7 heteroatoms. The molecule has 0 aliphatic carbocycles. The number of ether oxygens (including phenoxy) is 3. The molecule has 1 unspecified atom stereocenters. The second kappa shape index (κ2) is 12.9. The van der Waals surface area contributed by atoms with Crippen LogP contribution >= 0.6 is 0 Å². The second-order valence-electron chi connectivity index (χ2n) is 8.01. The van der Waals surface area contributed by atoms with Gasteiger partial charge in [-0.1, -0.05) is 12.1 Å². The topological polar surface area (TPSA) is 64.1 Å². The van der Waals surface area contributed by atoms with Crippen molar-refractivity contribution in [2.24, 2.45) is 10.9 Å². The lowest BCUT2D eigenvalue weighted by atomic mass is 10.1. The average molecular weight is 444 g/mol. The summed E-state index contributed by atoms with van der Waals surface area (Å²) in [5.74, 6) is 2.57. The second-order valence-corrected chi connectivity index (χ2v) is 8.01. The zero-order valence-corrected chi connectivity index (χ0v) is 19.0. The van der Waals surface area contributed by atoms with Crippen molar-refractivity contribution >= 4 is 5.96 Å². The zero-order chi connectivity index (χ0) is 22.6. The Hall–Kier alpha value is -2.80. The van der Waals surface area contributed by atoms with Crippen LogP contribution in [0.25, 0.3) is 0 Å². The Morgan fingerprint density at radius 1 is 1.12 bits per heavy atom. The van der Waals surface area contributed by atoms with Crippen molar-refractivity contribution in [3.63, 3.8) is 0 Å². The van der Waals surface area contributed by atoms with Crippen molar-refractivity contribution < 1.29 is 18.6 Å². The van der Waals surface area contributed by atoms with Gasteiger partial charge in [0.25, 0.3) is 0 Å². The molecular weight excluding hydrogens is 409 g/mol. The van der Waals surface area contributed by atoms with Crippen molar-refractivity contribution in [2.75, 3.05) is 40.0 Å². The van der Waals surface area contributed by atoms with Crippen LogP contribution in [0.4, 0.5) is 4.39 Å². The number of benzene rings is 2. The average Bonchev–Trinajstić information content (AvgIpc) is 3.32. The van der Waals surface area contributed by atoms with E-state index in [-0.39, 0.29) is 5.82 Å². The fraction of sp³-hybridized carbons (Fsp3) is 0.480. The molecule has 0 radical (unpaired) electrons. The Kier molecular flexibility index (Phi) is 9.62. The highest BCUT2D eigenvalue weighted by atomic mass is 19.1. The maximum atomic E-state index is 12.9. The van der Waals surface area contributed by atoms with Crippen molar-refractivity contribution in [1.82, 2.24) is 10.6 Å². The molecule has 1 heterocycles.